The van der Waals surface area contributed by atoms with Gasteiger partial charge in [-0.15, -0.1) is 0 Å². The number of rotatable bonds is 2. The number of fused-ring (bicyclic) bond motifs is 1. The van der Waals surface area contributed by atoms with Crippen LogP contribution in [0.1, 0.15) is 72.6 Å². The smallest absolute Gasteiger partial charge is 0.0804 e. The van der Waals surface area contributed by atoms with E-state index in [1.165, 1.54) is 25.7 Å². The largest absolute Gasteiger partial charge is 0.390 e. The summed E-state index contributed by atoms with van der Waals surface area (Å²) in [5, 5.41) is 20.3. The quantitative estimate of drug-likeness (QED) is 0.756. The molecule has 0 aliphatic heterocycles. The number of aliphatic hydroxyl groups excluding tert-OH is 2. The second kappa shape index (κ2) is 4.46. The maximum absolute atomic E-state index is 10.3. The minimum absolute atomic E-state index is 0.206. The van der Waals surface area contributed by atoms with Gasteiger partial charge in [-0.2, -0.15) is 0 Å². The van der Waals surface area contributed by atoms with Crippen molar-refractivity contribution in [1.82, 2.24) is 0 Å². The molecule has 0 radical (unpaired) electrons. The molecule has 3 aliphatic rings. The van der Waals surface area contributed by atoms with Crippen molar-refractivity contribution in [2.24, 2.45) is 28.1 Å². The molecule has 3 aliphatic carbocycles. The Morgan fingerprint density at radius 1 is 1.05 bits per heavy atom. The Morgan fingerprint density at radius 2 is 1.75 bits per heavy atom. The van der Waals surface area contributed by atoms with Crippen molar-refractivity contribution in [3.05, 3.63) is 0 Å². The Balaban J connectivity index is 1.88. The molecule has 0 aromatic rings. The van der Waals surface area contributed by atoms with Crippen LogP contribution in [0.25, 0.3) is 0 Å². The molecule has 2 N–H and O–H groups in total. The summed E-state index contributed by atoms with van der Waals surface area (Å²) in [6.07, 6.45) is 6.78. The Hall–Kier alpha value is -0.0800. The van der Waals surface area contributed by atoms with Crippen LogP contribution in [0.4, 0.5) is 0 Å². The second-order valence-corrected chi connectivity index (χ2v) is 8.76. The van der Waals surface area contributed by atoms with Crippen molar-refractivity contribution in [2.45, 2.75) is 84.8 Å². The van der Waals surface area contributed by atoms with Gasteiger partial charge in [-0.05, 0) is 66.6 Å². The summed E-state index contributed by atoms with van der Waals surface area (Å²) in [6.45, 7) is 9.74. The molecule has 3 saturated carbocycles. The van der Waals surface area contributed by atoms with Crippen LogP contribution < -0.4 is 0 Å². The Bertz CT molecular complexity index is 395. The summed E-state index contributed by atoms with van der Waals surface area (Å²) < 4.78 is 0. The molecule has 7 atom stereocenters. The lowest BCUT2D eigenvalue weighted by Gasteiger charge is -2.48. The summed E-state index contributed by atoms with van der Waals surface area (Å²) in [5.74, 6) is 1.63. The zero-order valence-electron chi connectivity index (χ0n) is 13.7. The molecule has 0 saturated heterocycles. The summed E-state index contributed by atoms with van der Waals surface area (Å²) in [5.41, 5.74) is 1.17. The third kappa shape index (κ3) is 1.83. The molecule has 3 fully saturated rings. The van der Waals surface area contributed by atoms with Gasteiger partial charge in [0.2, 0.25) is 0 Å². The molecule has 0 heterocycles. The predicted octanol–water partition coefficient (Wildman–Crippen LogP) is 3.75. The molecular formula is C18H32O2. The lowest BCUT2D eigenvalue weighted by Crippen LogP contribution is -2.43. The third-order valence-corrected chi connectivity index (χ3v) is 7.95. The number of aliphatic hydroxyl groups is 2. The Morgan fingerprint density at radius 3 is 2.40 bits per heavy atom. The Kier molecular flexibility index (Phi) is 3.31. The molecule has 3 rings (SSSR count). The van der Waals surface area contributed by atoms with Crippen molar-refractivity contribution < 1.29 is 10.2 Å². The van der Waals surface area contributed by atoms with E-state index in [1.807, 2.05) is 0 Å². The monoisotopic (exact) mass is 280 g/mol. The number of hydrogen-bond acceptors (Lipinski definition) is 2. The van der Waals surface area contributed by atoms with E-state index in [9.17, 15) is 10.2 Å². The highest BCUT2D eigenvalue weighted by Gasteiger charge is 2.70. The van der Waals surface area contributed by atoms with Crippen LogP contribution in [0.15, 0.2) is 0 Å². The fourth-order valence-corrected chi connectivity index (χ4v) is 6.08. The van der Waals surface area contributed by atoms with Crippen molar-refractivity contribution in [1.29, 1.82) is 0 Å². The van der Waals surface area contributed by atoms with Crippen LogP contribution in [0.2, 0.25) is 0 Å². The van der Waals surface area contributed by atoms with Gasteiger partial charge in [-0.1, -0.05) is 34.1 Å². The van der Waals surface area contributed by atoms with Gasteiger partial charge in [0, 0.05) is 0 Å². The topological polar surface area (TPSA) is 40.5 Å². The van der Waals surface area contributed by atoms with Crippen molar-refractivity contribution in [2.75, 3.05) is 0 Å². The summed E-state index contributed by atoms with van der Waals surface area (Å²) in [4.78, 5) is 0. The van der Waals surface area contributed by atoms with Crippen LogP contribution in [0, 0.1) is 28.1 Å². The first-order valence-electron chi connectivity index (χ1n) is 8.63. The molecule has 2 nitrogen and oxygen atoms in total. The third-order valence-electron chi connectivity index (χ3n) is 7.95. The first-order valence-corrected chi connectivity index (χ1v) is 8.63. The first kappa shape index (κ1) is 14.8. The standard InChI is InChI=1S/C18H32O2/c1-5-17(3)15(9-12-10-18(12,17)4)16(2)8-6-7-13(19)14(20)11-16/h12-15,19-20H,5-11H2,1-4H3. The molecule has 0 amide bonds. The average molecular weight is 280 g/mol. The molecule has 116 valence electrons. The molecule has 0 bridgehead atoms. The van der Waals surface area contributed by atoms with Crippen LogP contribution in [0.3, 0.4) is 0 Å². The molecule has 0 spiro atoms. The average Bonchev–Trinajstić information content (AvgIpc) is 3.03. The van der Waals surface area contributed by atoms with Gasteiger partial charge < -0.3 is 10.2 Å². The highest BCUT2D eigenvalue weighted by Crippen LogP contribution is 2.78. The van der Waals surface area contributed by atoms with Gasteiger partial charge in [0.05, 0.1) is 12.2 Å². The zero-order valence-corrected chi connectivity index (χ0v) is 13.7. The highest BCUT2D eigenvalue weighted by molar-refractivity contribution is 5.19. The SMILES string of the molecule is CCC1(C)C(C2(C)CCCC(O)C(O)C2)CC2CC21C. The van der Waals surface area contributed by atoms with Gasteiger partial charge >= 0.3 is 0 Å². The Labute approximate surface area is 124 Å². The van der Waals surface area contributed by atoms with E-state index in [0.717, 1.165) is 25.2 Å². The summed E-state index contributed by atoms with van der Waals surface area (Å²) in [7, 11) is 0. The lowest BCUT2D eigenvalue weighted by molar-refractivity contribution is -0.0396. The zero-order chi connectivity index (χ0) is 14.8. The van der Waals surface area contributed by atoms with E-state index >= 15 is 0 Å². The summed E-state index contributed by atoms with van der Waals surface area (Å²) >= 11 is 0. The van der Waals surface area contributed by atoms with Gasteiger partial charge in [-0.3, -0.25) is 0 Å². The first-order chi connectivity index (χ1) is 9.27. The molecule has 0 aromatic heterocycles. The minimum atomic E-state index is -0.520. The molecule has 0 aromatic carbocycles. The lowest BCUT2D eigenvalue weighted by atomic mass is 9.56. The van der Waals surface area contributed by atoms with Gasteiger partial charge in [0.15, 0.2) is 0 Å². The molecule has 20 heavy (non-hydrogen) atoms. The second-order valence-electron chi connectivity index (χ2n) is 8.76. The van der Waals surface area contributed by atoms with Crippen molar-refractivity contribution in [3.8, 4) is 0 Å². The van der Waals surface area contributed by atoms with Crippen LogP contribution >= 0.6 is 0 Å². The fraction of sp³-hybridized carbons (Fsp3) is 1.00. The van der Waals surface area contributed by atoms with E-state index < -0.39 is 12.2 Å². The molecule has 2 heteroatoms. The van der Waals surface area contributed by atoms with Crippen LogP contribution in [0.5, 0.6) is 0 Å². The van der Waals surface area contributed by atoms with Gasteiger partial charge in [-0.25, -0.2) is 0 Å². The normalized spacial score (nSPS) is 59.1. The molecular weight excluding hydrogens is 248 g/mol. The predicted molar refractivity (Wildman–Crippen MR) is 81.3 cm³/mol. The van der Waals surface area contributed by atoms with Crippen molar-refractivity contribution in [3.63, 3.8) is 0 Å². The number of hydrogen-bond donors (Lipinski definition) is 2. The summed E-state index contributed by atoms with van der Waals surface area (Å²) in [6, 6.07) is 0. The van der Waals surface area contributed by atoms with E-state index in [2.05, 4.69) is 27.7 Å². The fourth-order valence-electron chi connectivity index (χ4n) is 6.08. The molecule has 7 unspecified atom stereocenters. The van der Waals surface area contributed by atoms with Gasteiger partial charge in [0.1, 0.15) is 0 Å². The van der Waals surface area contributed by atoms with Crippen LogP contribution in [-0.4, -0.2) is 22.4 Å². The van der Waals surface area contributed by atoms with Crippen LogP contribution in [-0.2, 0) is 0 Å². The van der Waals surface area contributed by atoms with E-state index in [1.54, 1.807) is 0 Å². The van der Waals surface area contributed by atoms with E-state index in [-0.39, 0.29) is 5.41 Å². The van der Waals surface area contributed by atoms with E-state index in [4.69, 9.17) is 0 Å². The van der Waals surface area contributed by atoms with Crippen molar-refractivity contribution >= 4 is 0 Å². The van der Waals surface area contributed by atoms with Gasteiger partial charge in [0.25, 0.3) is 0 Å². The maximum Gasteiger partial charge on any atom is 0.0804 e. The maximum atomic E-state index is 10.3. The highest BCUT2D eigenvalue weighted by atomic mass is 16.3. The minimum Gasteiger partial charge on any atom is -0.390 e. The van der Waals surface area contributed by atoms with E-state index in [0.29, 0.717) is 16.7 Å².